The van der Waals surface area contributed by atoms with Crippen molar-refractivity contribution in [3.63, 3.8) is 0 Å². The SMILES string of the molecule is CC[C@H](C)C(=O)O[C@@H]1C(C)O[C@@H](OC(=O)[C@]23CCC(C)(C)CC2C2=CCC4[C@@]5(C)CC[C@H](O[C@H](OC(O)C(=O)O)C(O[C@@H]6OC(CO)[C@H](O)C(O)C6O)[C@@H](C)O[C@@H]6OC[C@@H](O)C(O)C6O)C(C)(C)C5CC[C@@]4(C)[C@]2(C)C[C@H]3O)C(O[C@@H]2OC(C)[C@H](O[C@H]3OCC(O)[C@H](O[C@]4(O)COCC4(O)CO)C3O)C(O)C2O)C1O[C@@H]1OC(C)[C@@H](O)C(O)C1O. The van der Waals surface area contributed by atoms with Crippen LogP contribution >= 0.6 is 0 Å². The van der Waals surface area contributed by atoms with Crippen LogP contribution in [0, 0.1) is 56.2 Å². The van der Waals surface area contributed by atoms with E-state index in [1.807, 2.05) is 13.8 Å². The summed E-state index contributed by atoms with van der Waals surface area (Å²) in [5.74, 6) is -8.13. The largest absolute Gasteiger partial charge is 0.477 e. The van der Waals surface area contributed by atoms with Gasteiger partial charge in [-0.15, -0.1) is 0 Å². The average Bonchev–Trinajstić information content (AvgIpc) is 0.756. The number of allylic oxidation sites excluding steroid dienone is 2. The summed E-state index contributed by atoms with van der Waals surface area (Å²) in [4.78, 5) is 43.2. The third-order valence-corrected chi connectivity index (χ3v) is 29.5. The van der Waals surface area contributed by atoms with Crippen molar-refractivity contribution >= 4 is 17.9 Å². The van der Waals surface area contributed by atoms with Gasteiger partial charge in [-0.05, 0) is 137 Å². The number of hydrogen-bond acceptors (Lipinski definition) is 39. The molecule has 0 radical (unpaired) electrons. The van der Waals surface area contributed by atoms with Gasteiger partial charge in [0, 0.05) is 0 Å². The van der Waals surface area contributed by atoms with Crippen LogP contribution in [0.25, 0.3) is 0 Å². The molecule has 0 aromatic heterocycles. The number of ether oxygens (including phenoxy) is 17. The van der Waals surface area contributed by atoms with E-state index in [1.165, 1.54) is 27.7 Å². The zero-order chi connectivity index (χ0) is 88.3. The predicted octanol–water partition coefficient (Wildman–Crippen LogP) is -4.48. The Morgan fingerprint density at radius 1 is 0.567 bits per heavy atom. The summed E-state index contributed by atoms with van der Waals surface area (Å²) in [6, 6.07) is 0. The Balaban J connectivity index is 0.844. The van der Waals surface area contributed by atoms with Crippen molar-refractivity contribution in [1.82, 2.24) is 0 Å². The molecule has 0 aromatic rings. The molecule has 44 atom stereocenters. The predicted molar refractivity (Wildman–Crippen MR) is 398 cm³/mol. The summed E-state index contributed by atoms with van der Waals surface area (Å²) < 4.78 is 104. The summed E-state index contributed by atoms with van der Waals surface area (Å²) in [5.41, 5.74) is -6.68. The molecule has 12 aliphatic rings. The second-order valence-corrected chi connectivity index (χ2v) is 37.9. The van der Waals surface area contributed by atoms with Gasteiger partial charge in [-0.2, -0.15) is 0 Å². The first-order chi connectivity index (χ1) is 56.0. The van der Waals surface area contributed by atoms with Gasteiger partial charge in [0.1, 0.15) is 122 Å². The number of fused-ring (bicyclic) bond motifs is 7. The first kappa shape index (κ1) is 95.9. The molecule has 690 valence electrons. The molecule has 0 aromatic carbocycles. The van der Waals surface area contributed by atoms with Crippen LogP contribution in [-0.4, -0.2) is 380 Å². The molecule has 0 bridgehead atoms. The number of aliphatic hydroxyl groups excluding tert-OH is 17. The highest BCUT2D eigenvalue weighted by Gasteiger charge is 2.73. The van der Waals surface area contributed by atoms with E-state index in [-0.39, 0.29) is 37.5 Å². The van der Waals surface area contributed by atoms with Gasteiger partial charge in [0.05, 0.1) is 75.6 Å². The van der Waals surface area contributed by atoms with Crippen molar-refractivity contribution in [3.8, 4) is 0 Å². The highest BCUT2D eigenvalue weighted by atomic mass is 16.8. The maximum absolute atomic E-state index is 16.5. The van der Waals surface area contributed by atoms with Crippen LogP contribution in [0.5, 0.6) is 0 Å². The maximum atomic E-state index is 16.5. The van der Waals surface area contributed by atoms with E-state index in [1.54, 1.807) is 13.8 Å². The third kappa shape index (κ3) is 17.3. The number of esters is 2. The highest BCUT2D eigenvalue weighted by molar-refractivity contribution is 5.80. The number of carbonyl (C=O) groups excluding carboxylic acids is 2. The number of hydrogen-bond donors (Lipinski definition) is 20. The Morgan fingerprint density at radius 2 is 1.17 bits per heavy atom. The Bertz CT molecular complexity index is 3520. The second-order valence-electron chi connectivity index (χ2n) is 37.9. The lowest BCUT2D eigenvalue weighted by molar-refractivity contribution is -0.394. The Morgan fingerprint density at radius 3 is 1.82 bits per heavy atom. The maximum Gasteiger partial charge on any atom is 0.360 e. The van der Waals surface area contributed by atoms with E-state index in [0.29, 0.717) is 38.5 Å². The van der Waals surface area contributed by atoms with Crippen LogP contribution in [0.3, 0.4) is 0 Å². The highest BCUT2D eigenvalue weighted by Crippen LogP contribution is 2.76. The van der Waals surface area contributed by atoms with Gasteiger partial charge in [-0.3, -0.25) is 9.59 Å². The van der Waals surface area contributed by atoms with Crippen LogP contribution in [0.2, 0.25) is 0 Å². The minimum absolute atomic E-state index is 0.0181. The molecule has 7 saturated heterocycles. The third-order valence-electron chi connectivity index (χ3n) is 29.5. The molecule has 12 rings (SSSR count). The second kappa shape index (κ2) is 36.4. The van der Waals surface area contributed by atoms with Crippen molar-refractivity contribution in [2.45, 2.75) is 375 Å². The molecule has 20 N–H and O–H groups in total. The van der Waals surface area contributed by atoms with Gasteiger partial charge in [-0.1, -0.05) is 74.0 Å². The number of carboxylic acids is 1. The van der Waals surface area contributed by atoms with Crippen LogP contribution in [-0.2, 0) is 94.9 Å². The fourth-order valence-corrected chi connectivity index (χ4v) is 21.6. The Labute approximate surface area is 694 Å². The van der Waals surface area contributed by atoms with Crippen molar-refractivity contribution in [1.29, 1.82) is 0 Å². The molecule has 7 aliphatic heterocycles. The van der Waals surface area contributed by atoms with Crippen molar-refractivity contribution in [2.75, 3.05) is 39.6 Å². The topological polar surface area (TPSA) is 613 Å². The lowest BCUT2D eigenvalue weighted by atomic mass is 9.33. The van der Waals surface area contributed by atoms with E-state index in [4.69, 9.17) is 80.5 Å². The van der Waals surface area contributed by atoms with Crippen LogP contribution < -0.4 is 0 Å². The van der Waals surface area contributed by atoms with Crippen LogP contribution in [0.4, 0.5) is 0 Å². The van der Waals surface area contributed by atoms with Crippen molar-refractivity contribution in [3.05, 3.63) is 11.6 Å². The molecule has 7 heterocycles. The first-order valence-electron chi connectivity index (χ1n) is 42.0. The zero-order valence-electron chi connectivity index (χ0n) is 69.9. The Hall–Kier alpha value is -3.21. The summed E-state index contributed by atoms with van der Waals surface area (Å²) in [7, 11) is 0. The molecule has 0 spiro atoms. The minimum atomic E-state index is -2.66. The summed E-state index contributed by atoms with van der Waals surface area (Å²) in [6.07, 6.45) is -55.0. The van der Waals surface area contributed by atoms with E-state index in [0.717, 1.165) is 5.57 Å². The summed E-state index contributed by atoms with van der Waals surface area (Å²) >= 11 is 0. The quantitative estimate of drug-likeness (QED) is 0.0221. The average molecular weight is 1730 g/mol. The lowest BCUT2D eigenvalue weighted by Gasteiger charge is -2.71. The minimum Gasteiger partial charge on any atom is -0.477 e. The van der Waals surface area contributed by atoms with E-state index >= 15 is 4.79 Å². The number of aliphatic carboxylic acids is 1. The van der Waals surface area contributed by atoms with Crippen LogP contribution in [0.15, 0.2) is 11.6 Å². The molecule has 4 saturated carbocycles. The molecular weight excluding hydrogens is 1600 g/mol. The van der Waals surface area contributed by atoms with E-state index in [9.17, 15) is 112 Å². The Kier molecular flexibility index (Phi) is 29.1. The number of rotatable bonds is 26. The molecule has 5 aliphatic carbocycles. The fourth-order valence-electron chi connectivity index (χ4n) is 21.6. The van der Waals surface area contributed by atoms with E-state index in [2.05, 4.69) is 40.7 Å². The van der Waals surface area contributed by atoms with Crippen LogP contribution in [0.1, 0.15) is 154 Å². The van der Waals surface area contributed by atoms with Crippen molar-refractivity contribution in [2.24, 2.45) is 56.2 Å². The van der Waals surface area contributed by atoms with Crippen molar-refractivity contribution < 1.29 is 197 Å². The summed E-state index contributed by atoms with van der Waals surface area (Å²) in [6.45, 7) is 19.2. The molecular formula is C80H130O40. The van der Waals surface area contributed by atoms with Gasteiger partial charge in [0.2, 0.25) is 12.1 Å². The summed E-state index contributed by atoms with van der Waals surface area (Å²) in [5, 5.41) is 223. The number of carbonyl (C=O) groups is 3. The molecule has 22 unspecified atom stereocenters. The zero-order valence-corrected chi connectivity index (χ0v) is 69.9. The van der Waals surface area contributed by atoms with Gasteiger partial charge in [0.15, 0.2) is 55.5 Å². The standard InChI is InChI=1S/C80H130O40/c1-14-31(2)63(99)113-57-34(5)110-71(61(60(57)116-67-52(93)48(89)45(86)32(3)107-67)117-68-54(95)50(91)56(33(4)109-68)114-66-55(96)59(39(84)27-106-66)120-80(103)30-104-29-78(80,102)28-82)119-72(101)79-22-21-73(7,8)23-37(79)36-15-16-42-75(11)19-18-44(74(9,10)41(75)17-20-76(42,12)77(36,13)24-43(79)85)112-70(118-64(100)62(97)98)58(35(6)108-65-51(92)46(87)38(83)26-105-65)115-69-53(94)49(90)47(88)40(25-81)111-69/h15,31-35,37-61,64-71,81-96,100,102-103H,14,16-30H2,1-13H3,(H,97,98)/t31-,32?,33?,34?,35+,37?,38+,39?,40?,41?,42?,43+,44-,45+,46?,47-,48?,49?,50?,51?,52?,53?,54?,55?,56-,57+,58?,59-,60?,61?,64?,65-,66+,67-,68-,69-,70+,71-,75-,76+,77+,78?,79+,80+/m0/s1. The smallest absolute Gasteiger partial charge is 0.360 e. The molecule has 40 heteroatoms. The van der Waals surface area contributed by atoms with Gasteiger partial charge in [0.25, 0.3) is 6.29 Å². The molecule has 120 heavy (non-hydrogen) atoms. The van der Waals surface area contributed by atoms with E-state index < -0.39 is 322 Å². The van der Waals surface area contributed by atoms with Gasteiger partial charge in [-0.25, -0.2) is 4.79 Å². The number of carboxylic acid groups (broad SMARTS) is 1. The van der Waals surface area contributed by atoms with Gasteiger partial charge < -0.3 is 183 Å². The first-order valence-corrected chi connectivity index (χ1v) is 42.0. The monoisotopic (exact) mass is 1730 g/mol. The molecule has 40 nitrogen and oxygen atoms in total. The molecule has 11 fully saturated rings. The lowest BCUT2D eigenvalue weighted by Crippen LogP contribution is -2.69. The van der Waals surface area contributed by atoms with Gasteiger partial charge >= 0.3 is 17.9 Å². The normalized spacial score (nSPS) is 50.1. The number of aliphatic hydroxyl groups is 19. The molecule has 0 amide bonds. The fraction of sp³-hybridized carbons (Fsp3) is 0.938.